The lowest BCUT2D eigenvalue weighted by atomic mass is 10.2. The van der Waals surface area contributed by atoms with Gasteiger partial charge in [0.05, 0.1) is 16.0 Å². The molecule has 0 radical (unpaired) electrons. The molecule has 0 aliphatic heterocycles. The number of carbonyl (C=O) groups is 1. The molecule has 0 unspecified atom stereocenters. The Morgan fingerprint density at radius 3 is 2.49 bits per heavy atom. The highest BCUT2D eigenvalue weighted by Gasteiger charge is 2.29. The van der Waals surface area contributed by atoms with Gasteiger partial charge in [-0.3, -0.25) is 9.78 Å². The van der Waals surface area contributed by atoms with E-state index in [2.05, 4.69) is 15.0 Å². The van der Waals surface area contributed by atoms with E-state index in [0.717, 1.165) is 23.6 Å². The van der Waals surface area contributed by atoms with E-state index in [1.54, 1.807) is 18.3 Å². The highest BCUT2D eigenvalue weighted by atomic mass is 35.5. The number of ether oxygens (including phenoxy) is 1. The first-order valence-electron chi connectivity index (χ1n) is 9.97. The predicted octanol–water partition coefficient (Wildman–Crippen LogP) is 5.19. The number of hydrogen-bond acceptors (Lipinski definition) is 6. The first-order valence-corrected chi connectivity index (χ1v) is 11.8. The molecule has 1 amide bonds. The Morgan fingerprint density at radius 2 is 1.80 bits per heavy atom. The van der Waals surface area contributed by atoms with Crippen molar-refractivity contribution >= 4 is 38.3 Å². The minimum absolute atomic E-state index is 0.0936. The fourth-order valence-electron chi connectivity index (χ4n) is 3.13. The van der Waals surface area contributed by atoms with Crippen LogP contribution in [-0.4, -0.2) is 32.1 Å². The van der Waals surface area contributed by atoms with Crippen LogP contribution < -0.4 is 10.1 Å². The van der Waals surface area contributed by atoms with Gasteiger partial charge in [0.15, 0.2) is 18.0 Å². The lowest BCUT2D eigenvalue weighted by Crippen LogP contribution is -2.22. The van der Waals surface area contributed by atoms with Gasteiger partial charge in [0.25, 0.3) is 5.91 Å². The normalized spacial score (nSPS) is 12.0. The molecule has 0 saturated heterocycles. The Labute approximate surface area is 202 Å². The molecule has 2 heterocycles. The average molecular weight is 525 g/mol. The van der Waals surface area contributed by atoms with Crippen LogP contribution in [0.1, 0.15) is 16.1 Å². The standard InChI is InChI=1S/C23H16ClF3N2O5S/c24-16-8-17(33-13-23(25,26)27)10-19(9-16)35(31,32)18-3-1-14(2-4-18)11-29-22(30)20-7-15-5-6-28-12-21(15)34-20/h1-10,12H,11,13H2,(H,29,30). The Morgan fingerprint density at radius 1 is 1.06 bits per heavy atom. The highest BCUT2D eigenvalue weighted by molar-refractivity contribution is 7.91. The number of halogens is 4. The van der Waals surface area contributed by atoms with Crippen LogP contribution in [0.25, 0.3) is 11.0 Å². The van der Waals surface area contributed by atoms with E-state index < -0.39 is 28.5 Å². The third-order valence-electron chi connectivity index (χ3n) is 4.79. The van der Waals surface area contributed by atoms with Crippen LogP contribution in [0.15, 0.2) is 81.2 Å². The van der Waals surface area contributed by atoms with E-state index in [9.17, 15) is 26.4 Å². The van der Waals surface area contributed by atoms with Crippen LogP contribution in [-0.2, 0) is 16.4 Å². The number of nitrogens with zero attached hydrogens (tertiary/aromatic N) is 1. The summed E-state index contributed by atoms with van der Waals surface area (Å²) in [5, 5.41) is 3.31. The maximum atomic E-state index is 13.0. The Balaban J connectivity index is 1.45. The van der Waals surface area contributed by atoms with Crippen LogP contribution in [0.2, 0.25) is 5.02 Å². The van der Waals surface area contributed by atoms with Crippen LogP contribution in [0.3, 0.4) is 0 Å². The van der Waals surface area contributed by atoms with E-state index >= 15 is 0 Å². The Hall–Kier alpha value is -3.57. The van der Waals surface area contributed by atoms with Crippen molar-refractivity contribution in [2.75, 3.05) is 6.61 Å². The predicted molar refractivity (Wildman–Crippen MR) is 120 cm³/mol. The maximum Gasteiger partial charge on any atom is 0.422 e. The van der Waals surface area contributed by atoms with Gasteiger partial charge in [-0.25, -0.2) is 8.42 Å². The lowest BCUT2D eigenvalue weighted by Gasteiger charge is -2.12. The quantitative estimate of drug-likeness (QED) is 0.357. The molecule has 12 heteroatoms. The minimum atomic E-state index is -4.59. The summed E-state index contributed by atoms with van der Waals surface area (Å²) < 4.78 is 73.3. The second-order valence-corrected chi connectivity index (χ2v) is 9.77. The molecule has 1 N–H and O–H groups in total. The van der Waals surface area contributed by atoms with E-state index in [-0.39, 0.29) is 32.9 Å². The molecule has 4 aromatic rings. The second kappa shape index (κ2) is 9.59. The SMILES string of the molecule is O=C(NCc1ccc(S(=O)(=O)c2cc(Cl)cc(OCC(F)(F)F)c2)cc1)c1cc2ccncc2o1. The molecule has 2 aromatic heterocycles. The molecular formula is C23H16ClF3N2O5S. The number of fused-ring (bicyclic) bond motifs is 1. The summed E-state index contributed by atoms with van der Waals surface area (Å²) in [6.07, 6.45) is -1.51. The molecule has 0 spiro atoms. The van der Waals surface area contributed by atoms with E-state index in [1.165, 1.54) is 30.5 Å². The molecule has 35 heavy (non-hydrogen) atoms. The number of carbonyl (C=O) groups excluding carboxylic acids is 1. The zero-order valence-electron chi connectivity index (χ0n) is 17.7. The summed E-state index contributed by atoms with van der Waals surface area (Å²) in [6, 6.07) is 12.1. The number of aromatic nitrogens is 1. The first-order chi connectivity index (χ1) is 16.5. The number of amides is 1. The minimum Gasteiger partial charge on any atom is -0.484 e. The topological polar surface area (TPSA) is 98.5 Å². The fraction of sp³-hybridized carbons (Fsp3) is 0.130. The smallest absolute Gasteiger partial charge is 0.422 e. The third kappa shape index (κ3) is 5.92. The van der Waals surface area contributed by atoms with Crippen molar-refractivity contribution in [3.63, 3.8) is 0 Å². The van der Waals surface area contributed by atoms with E-state index in [4.69, 9.17) is 16.0 Å². The van der Waals surface area contributed by atoms with Gasteiger partial charge in [-0.15, -0.1) is 0 Å². The van der Waals surface area contributed by atoms with Crippen LogP contribution >= 0.6 is 11.6 Å². The summed E-state index contributed by atoms with van der Waals surface area (Å²) in [5.74, 6) is -0.672. The zero-order valence-corrected chi connectivity index (χ0v) is 19.2. The number of alkyl halides is 3. The van der Waals surface area contributed by atoms with Crippen molar-refractivity contribution in [1.82, 2.24) is 10.3 Å². The first kappa shape index (κ1) is 24.6. The number of sulfone groups is 1. The summed E-state index contributed by atoms with van der Waals surface area (Å²) in [7, 11) is -4.10. The van der Waals surface area contributed by atoms with Gasteiger partial charge >= 0.3 is 6.18 Å². The van der Waals surface area contributed by atoms with Gasteiger partial charge in [0.2, 0.25) is 9.84 Å². The van der Waals surface area contributed by atoms with Crippen LogP contribution in [0.5, 0.6) is 5.75 Å². The third-order valence-corrected chi connectivity index (χ3v) is 6.76. The van der Waals surface area contributed by atoms with Crippen LogP contribution in [0, 0.1) is 0 Å². The molecule has 0 atom stereocenters. The summed E-state index contributed by atoms with van der Waals surface area (Å²) in [6.45, 7) is -1.49. The van der Waals surface area contributed by atoms with Crippen molar-refractivity contribution in [3.05, 3.63) is 83.3 Å². The summed E-state index contributed by atoms with van der Waals surface area (Å²) in [4.78, 5) is 15.9. The van der Waals surface area contributed by atoms with Crippen molar-refractivity contribution in [2.24, 2.45) is 0 Å². The van der Waals surface area contributed by atoms with Gasteiger partial charge in [-0.2, -0.15) is 13.2 Å². The van der Waals surface area contributed by atoms with E-state index in [1.807, 2.05) is 0 Å². The number of benzene rings is 2. The van der Waals surface area contributed by atoms with Crippen molar-refractivity contribution in [3.8, 4) is 5.75 Å². The number of rotatable bonds is 7. The van der Waals surface area contributed by atoms with Crippen molar-refractivity contribution < 1.29 is 35.5 Å². The molecule has 0 aliphatic rings. The average Bonchev–Trinajstić information content (AvgIpc) is 3.25. The van der Waals surface area contributed by atoms with Gasteiger partial charge in [0, 0.05) is 23.2 Å². The molecule has 2 aromatic carbocycles. The van der Waals surface area contributed by atoms with Gasteiger partial charge in [-0.05, 0) is 48.0 Å². The monoisotopic (exact) mass is 524 g/mol. The van der Waals surface area contributed by atoms with Crippen molar-refractivity contribution in [1.29, 1.82) is 0 Å². The van der Waals surface area contributed by atoms with E-state index in [0.29, 0.717) is 11.1 Å². The second-order valence-electron chi connectivity index (χ2n) is 7.38. The number of hydrogen-bond donors (Lipinski definition) is 1. The number of nitrogens with one attached hydrogen (secondary N) is 1. The fourth-order valence-corrected chi connectivity index (χ4v) is 4.74. The van der Waals surface area contributed by atoms with Gasteiger partial charge < -0.3 is 14.5 Å². The molecule has 0 aliphatic carbocycles. The summed E-state index contributed by atoms with van der Waals surface area (Å²) in [5.41, 5.74) is 1.08. The lowest BCUT2D eigenvalue weighted by molar-refractivity contribution is -0.153. The molecular weight excluding hydrogens is 509 g/mol. The largest absolute Gasteiger partial charge is 0.484 e. The van der Waals surface area contributed by atoms with Crippen LogP contribution in [0.4, 0.5) is 13.2 Å². The molecule has 0 fully saturated rings. The molecule has 182 valence electrons. The molecule has 7 nitrogen and oxygen atoms in total. The maximum absolute atomic E-state index is 13.0. The van der Waals surface area contributed by atoms with Gasteiger partial charge in [-0.1, -0.05) is 23.7 Å². The Bertz CT molecular complexity index is 1450. The molecule has 4 rings (SSSR count). The highest BCUT2D eigenvalue weighted by Crippen LogP contribution is 2.29. The summed E-state index contributed by atoms with van der Waals surface area (Å²) >= 11 is 5.89. The molecule has 0 bridgehead atoms. The Kier molecular flexibility index (Phi) is 6.73. The number of furan rings is 1. The number of pyridine rings is 1. The molecule has 0 saturated carbocycles. The van der Waals surface area contributed by atoms with Gasteiger partial charge in [0.1, 0.15) is 5.75 Å². The zero-order chi connectivity index (χ0) is 25.2. The van der Waals surface area contributed by atoms with Crippen molar-refractivity contribution in [2.45, 2.75) is 22.5 Å².